The summed E-state index contributed by atoms with van der Waals surface area (Å²) in [6.45, 7) is 1.30. The molecular weight excluding hydrogens is 348 g/mol. The molecule has 140 valence electrons. The molecule has 0 saturated heterocycles. The number of hydrogen-bond donors (Lipinski definition) is 1. The summed E-state index contributed by atoms with van der Waals surface area (Å²) in [6, 6.07) is 18.0. The molecule has 5 nitrogen and oxygen atoms in total. The number of hydrogen-bond acceptors (Lipinski definition) is 2. The number of para-hydroxylation sites is 2. The van der Waals surface area contributed by atoms with E-state index in [2.05, 4.69) is 22.1 Å². The van der Waals surface area contributed by atoms with Crippen molar-refractivity contribution >= 4 is 22.5 Å². The highest BCUT2D eigenvalue weighted by Gasteiger charge is 2.16. The highest BCUT2D eigenvalue weighted by Crippen LogP contribution is 2.29. The molecule has 5 rings (SSSR count). The molecule has 0 fully saturated rings. The first-order chi connectivity index (χ1) is 13.8. The molecule has 0 spiro atoms. The van der Waals surface area contributed by atoms with Crippen LogP contribution in [0.5, 0.6) is 0 Å². The highest BCUT2D eigenvalue weighted by molar-refractivity contribution is 5.95. The van der Waals surface area contributed by atoms with Crippen LogP contribution in [0.2, 0.25) is 0 Å². The van der Waals surface area contributed by atoms with Gasteiger partial charge in [-0.3, -0.25) is 4.79 Å². The van der Waals surface area contributed by atoms with E-state index in [4.69, 9.17) is 4.98 Å². The average molecular weight is 370 g/mol. The first-order valence-electron chi connectivity index (χ1n) is 9.77. The lowest BCUT2D eigenvalue weighted by Gasteiger charge is -2.11. The lowest BCUT2D eigenvalue weighted by Crippen LogP contribution is -2.18. The topological polar surface area (TPSA) is 51.9 Å². The first-order valence-corrected chi connectivity index (χ1v) is 9.77. The highest BCUT2D eigenvalue weighted by atomic mass is 16.1. The molecule has 4 aromatic rings. The maximum Gasteiger partial charge on any atom is 0.244 e. The van der Waals surface area contributed by atoms with E-state index in [9.17, 15) is 4.79 Å². The average Bonchev–Trinajstić information content (AvgIpc) is 3.33. The molecule has 0 saturated carbocycles. The maximum absolute atomic E-state index is 12.7. The Kier molecular flexibility index (Phi) is 4.20. The van der Waals surface area contributed by atoms with Gasteiger partial charge in [0.15, 0.2) is 0 Å². The van der Waals surface area contributed by atoms with Crippen LogP contribution in [-0.4, -0.2) is 20.0 Å². The van der Waals surface area contributed by atoms with E-state index in [0.29, 0.717) is 0 Å². The number of imidazole rings is 1. The quantitative estimate of drug-likeness (QED) is 0.576. The van der Waals surface area contributed by atoms with Crippen LogP contribution in [0.3, 0.4) is 0 Å². The van der Waals surface area contributed by atoms with Crippen molar-refractivity contribution in [3.63, 3.8) is 0 Å². The summed E-state index contributed by atoms with van der Waals surface area (Å²) >= 11 is 0. The number of fused-ring (bicyclic) bond motifs is 2. The van der Waals surface area contributed by atoms with Crippen molar-refractivity contribution in [1.29, 1.82) is 0 Å². The van der Waals surface area contributed by atoms with Gasteiger partial charge in [0.1, 0.15) is 12.4 Å². The summed E-state index contributed by atoms with van der Waals surface area (Å²) in [5, 5.41) is 4.22. The van der Waals surface area contributed by atoms with Crippen LogP contribution in [0.1, 0.15) is 18.7 Å². The third-order valence-corrected chi connectivity index (χ3v) is 5.38. The fraction of sp³-hybridized carbons (Fsp3) is 0.217. The van der Waals surface area contributed by atoms with E-state index in [1.165, 1.54) is 12.8 Å². The minimum Gasteiger partial charge on any atom is -0.338 e. The molecule has 0 unspecified atom stereocenters. The Balaban J connectivity index is 1.40. The predicted octanol–water partition coefficient (Wildman–Crippen LogP) is 4.48. The molecule has 28 heavy (non-hydrogen) atoms. The van der Waals surface area contributed by atoms with E-state index in [1.54, 1.807) is 0 Å². The molecule has 0 radical (unpaired) electrons. The number of nitrogens with one attached hydrogen (secondary N) is 1. The fourth-order valence-corrected chi connectivity index (χ4v) is 3.98. The number of carbonyl (C=O) groups excluding carboxylic acids is 1. The van der Waals surface area contributed by atoms with Gasteiger partial charge in [0.05, 0.1) is 11.4 Å². The van der Waals surface area contributed by atoms with Gasteiger partial charge in [0.25, 0.3) is 0 Å². The Morgan fingerprint density at radius 3 is 2.82 bits per heavy atom. The van der Waals surface area contributed by atoms with Gasteiger partial charge in [-0.1, -0.05) is 36.4 Å². The third kappa shape index (κ3) is 3.09. The molecule has 1 amide bonds. The Bertz CT molecular complexity index is 1130. The number of aromatic nitrogens is 3. The number of amides is 1. The zero-order valence-corrected chi connectivity index (χ0v) is 15.6. The zero-order valence-electron chi connectivity index (χ0n) is 15.6. The molecule has 0 atom stereocenters. The Hall–Kier alpha value is -3.34. The van der Waals surface area contributed by atoms with E-state index in [0.717, 1.165) is 46.6 Å². The van der Waals surface area contributed by atoms with Gasteiger partial charge in [-0.15, -0.1) is 0 Å². The second kappa shape index (κ2) is 7.00. The van der Waals surface area contributed by atoms with Crippen molar-refractivity contribution < 1.29 is 4.79 Å². The molecular formula is C23H22N4O. The van der Waals surface area contributed by atoms with Gasteiger partial charge in [-0.25, -0.2) is 4.98 Å². The fourth-order valence-electron chi connectivity index (χ4n) is 3.98. The van der Waals surface area contributed by atoms with Crippen molar-refractivity contribution in [2.75, 3.05) is 5.32 Å². The summed E-state index contributed by atoms with van der Waals surface area (Å²) in [6.07, 6.45) is 7.49. The Labute approximate surface area is 163 Å². The van der Waals surface area contributed by atoms with Crippen LogP contribution in [0, 0.1) is 0 Å². The van der Waals surface area contributed by atoms with Crippen molar-refractivity contribution in [3.8, 4) is 11.3 Å². The minimum atomic E-state index is -0.0437. The van der Waals surface area contributed by atoms with Crippen LogP contribution < -0.4 is 5.32 Å². The molecule has 1 aliphatic heterocycles. The number of benzene rings is 2. The summed E-state index contributed by atoms with van der Waals surface area (Å²) < 4.78 is 4.21. The second-order valence-electron chi connectivity index (χ2n) is 7.29. The van der Waals surface area contributed by atoms with Gasteiger partial charge < -0.3 is 14.5 Å². The van der Waals surface area contributed by atoms with Crippen molar-refractivity contribution in [2.24, 2.45) is 0 Å². The van der Waals surface area contributed by atoms with Gasteiger partial charge in [0.2, 0.25) is 5.91 Å². The van der Waals surface area contributed by atoms with Crippen LogP contribution in [0.15, 0.2) is 67.0 Å². The van der Waals surface area contributed by atoms with Gasteiger partial charge in [-0.05, 0) is 36.4 Å². The maximum atomic E-state index is 12.7. The molecule has 3 heterocycles. The Morgan fingerprint density at radius 1 is 1.04 bits per heavy atom. The standard InChI is InChI=1S/C23H22N4O/c28-23(16-26-14-12-17-7-1-4-10-21(17)26)25-19-9-3-2-8-18(19)20-15-27-13-6-5-11-22(27)24-20/h1-4,7-10,12,14-15H,5-6,11,13,16H2,(H,25,28). The minimum absolute atomic E-state index is 0.0437. The third-order valence-electron chi connectivity index (χ3n) is 5.38. The number of rotatable bonds is 4. The summed E-state index contributed by atoms with van der Waals surface area (Å²) in [5.74, 6) is 1.10. The zero-order chi connectivity index (χ0) is 18.9. The summed E-state index contributed by atoms with van der Waals surface area (Å²) in [5.41, 5.74) is 3.77. The molecule has 1 N–H and O–H groups in total. The molecule has 0 bridgehead atoms. The summed E-state index contributed by atoms with van der Waals surface area (Å²) in [7, 11) is 0. The molecule has 2 aromatic heterocycles. The van der Waals surface area contributed by atoms with E-state index >= 15 is 0 Å². The number of nitrogens with zero attached hydrogens (tertiary/aromatic N) is 3. The lowest BCUT2D eigenvalue weighted by atomic mass is 10.1. The van der Waals surface area contributed by atoms with Crippen LogP contribution >= 0.6 is 0 Å². The lowest BCUT2D eigenvalue weighted by molar-refractivity contribution is -0.116. The van der Waals surface area contributed by atoms with Gasteiger partial charge >= 0.3 is 0 Å². The number of carbonyl (C=O) groups is 1. The van der Waals surface area contributed by atoms with E-state index < -0.39 is 0 Å². The number of aryl methyl sites for hydroxylation is 2. The molecule has 0 aliphatic carbocycles. The largest absolute Gasteiger partial charge is 0.338 e. The van der Waals surface area contributed by atoms with Gasteiger partial charge in [-0.2, -0.15) is 0 Å². The normalized spacial score (nSPS) is 13.4. The van der Waals surface area contributed by atoms with Crippen molar-refractivity contribution in [1.82, 2.24) is 14.1 Å². The summed E-state index contributed by atoms with van der Waals surface area (Å²) in [4.78, 5) is 17.6. The smallest absolute Gasteiger partial charge is 0.244 e. The molecule has 2 aromatic carbocycles. The van der Waals surface area contributed by atoms with Crippen LogP contribution in [0.25, 0.3) is 22.2 Å². The van der Waals surface area contributed by atoms with E-state index in [-0.39, 0.29) is 12.5 Å². The SMILES string of the molecule is O=C(Cn1ccc2ccccc21)Nc1ccccc1-c1cn2c(n1)CCCC2. The molecule has 5 heteroatoms. The monoisotopic (exact) mass is 370 g/mol. The van der Waals surface area contributed by atoms with Crippen LogP contribution in [-0.2, 0) is 24.3 Å². The van der Waals surface area contributed by atoms with Gasteiger partial charge in [0, 0.05) is 36.4 Å². The Morgan fingerprint density at radius 2 is 1.89 bits per heavy atom. The number of anilines is 1. The van der Waals surface area contributed by atoms with Crippen LogP contribution in [0.4, 0.5) is 5.69 Å². The predicted molar refractivity (Wildman–Crippen MR) is 111 cm³/mol. The first kappa shape index (κ1) is 16.8. The van der Waals surface area contributed by atoms with Crippen molar-refractivity contribution in [3.05, 3.63) is 72.8 Å². The second-order valence-corrected chi connectivity index (χ2v) is 7.29. The van der Waals surface area contributed by atoms with Crippen molar-refractivity contribution in [2.45, 2.75) is 32.4 Å². The van der Waals surface area contributed by atoms with E-state index in [1.807, 2.05) is 59.3 Å². The molecule has 1 aliphatic rings.